The summed E-state index contributed by atoms with van der Waals surface area (Å²) in [6.45, 7) is 2.73. The number of sulfone groups is 1. The van der Waals surface area contributed by atoms with Gasteiger partial charge in [-0.3, -0.25) is 4.79 Å². The summed E-state index contributed by atoms with van der Waals surface area (Å²) in [6.07, 6.45) is 2.71. The lowest BCUT2D eigenvalue weighted by molar-refractivity contribution is 0.0519. The minimum Gasteiger partial charge on any atom is -0.396 e. The van der Waals surface area contributed by atoms with Crippen molar-refractivity contribution < 1.29 is 18.3 Å². The standard InChI is InChI=1S/C13H19NO4S2/c1-9-5-10(7-15)3-4-14(9)13(16)12-6-11(8-19-12)20(2,17)18/h6,8-10,15H,3-5,7H2,1-2H3/t9-,10-/m0/s1. The molecule has 1 fully saturated rings. The van der Waals surface area contributed by atoms with Gasteiger partial charge in [0, 0.05) is 30.8 Å². The summed E-state index contributed by atoms with van der Waals surface area (Å²) in [5.74, 6) is 0.137. The first-order valence-corrected chi connectivity index (χ1v) is 9.30. The SMILES string of the molecule is C[C@H]1C[C@@H](CO)CCN1C(=O)c1cc(S(C)(=O)=O)cs1. The van der Waals surface area contributed by atoms with E-state index >= 15 is 0 Å². The van der Waals surface area contributed by atoms with E-state index in [2.05, 4.69) is 0 Å². The van der Waals surface area contributed by atoms with Gasteiger partial charge in [-0.1, -0.05) is 0 Å². The van der Waals surface area contributed by atoms with Crippen LogP contribution in [0.15, 0.2) is 16.3 Å². The van der Waals surface area contributed by atoms with Crippen LogP contribution in [0.3, 0.4) is 0 Å². The van der Waals surface area contributed by atoms with Crippen LogP contribution in [-0.4, -0.2) is 49.8 Å². The molecule has 2 heterocycles. The van der Waals surface area contributed by atoms with Crippen molar-refractivity contribution in [2.45, 2.75) is 30.7 Å². The molecule has 0 unspecified atom stereocenters. The predicted molar refractivity (Wildman–Crippen MR) is 77.7 cm³/mol. The molecule has 0 spiro atoms. The first-order chi connectivity index (χ1) is 9.32. The van der Waals surface area contributed by atoms with Gasteiger partial charge in [-0.05, 0) is 31.7 Å². The van der Waals surface area contributed by atoms with E-state index < -0.39 is 9.84 Å². The van der Waals surface area contributed by atoms with Gasteiger partial charge < -0.3 is 10.0 Å². The zero-order valence-electron chi connectivity index (χ0n) is 11.6. The van der Waals surface area contributed by atoms with Gasteiger partial charge in [0.05, 0.1) is 9.77 Å². The minimum absolute atomic E-state index is 0.0668. The van der Waals surface area contributed by atoms with E-state index in [1.807, 2.05) is 6.92 Å². The third kappa shape index (κ3) is 3.21. The number of likely N-dealkylation sites (tertiary alicyclic amines) is 1. The molecule has 0 aliphatic carbocycles. The number of amides is 1. The smallest absolute Gasteiger partial charge is 0.264 e. The Balaban J connectivity index is 2.14. The molecule has 20 heavy (non-hydrogen) atoms. The normalized spacial score (nSPS) is 23.9. The van der Waals surface area contributed by atoms with Crippen LogP contribution in [0.4, 0.5) is 0 Å². The molecule has 1 aromatic rings. The summed E-state index contributed by atoms with van der Waals surface area (Å²) in [7, 11) is -3.27. The zero-order valence-corrected chi connectivity index (χ0v) is 13.2. The molecule has 0 bridgehead atoms. The van der Waals surface area contributed by atoms with E-state index in [4.69, 9.17) is 0 Å². The van der Waals surface area contributed by atoms with Crippen molar-refractivity contribution in [1.82, 2.24) is 4.90 Å². The number of carbonyl (C=O) groups is 1. The van der Waals surface area contributed by atoms with Gasteiger partial charge in [-0.25, -0.2) is 8.42 Å². The molecule has 1 amide bonds. The van der Waals surface area contributed by atoms with Crippen LogP contribution in [-0.2, 0) is 9.84 Å². The lowest BCUT2D eigenvalue weighted by Gasteiger charge is -2.36. The van der Waals surface area contributed by atoms with Crippen LogP contribution in [0.2, 0.25) is 0 Å². The summed E-state index contributed by atoms with van der Waals surface area (Å²) >= 11 is 1.17. The lowest BCUT2D eigenvalue weighted by Crippen LogP contribution is -2.45. The maximum atomic E-state index is 12.4. The Morgan fingerprint density at radius 1 is 1.55 bits per heavy atom. The maximum absolute atomic E-state index is 12.4. The molecule has 1 aromatic heterocycles. The van der Waals surface area contributed by atoms with Crippen LogP contribution in [0.5, 0.6) is 0 Å². The average molecular weight is 317 g/mol. The van der Waals surface area contributed by atoms with Gasteiger partial charge in [0.2, 0.25) is 0 Å². The molecular formula is C13H19NO4S2. The van der Waals surface area contributed by atoms with Crippen LogP contribution < -0.4 is 0 Å². The highest BCUT2D eigenvalue weighted by Gasteiger charge is 2.30. The van der Waals surface area contributed by atoms with E-state index in [0.29, 0.717) is 11.4 Å². The van der Waals surface area contributed by atoms with Crippen LogP contribution in [0, 0.1) is 5.92 Å². The highest BCUT2D eigenvalue weighted by molar-refractivity contribution is 7.90. The van der Waals surface area contributed by atoms with Gasteiger partial charge >= 0.3 is 0 Å². The summed E-state index contributed by atoms with van der Waals surface area (Å²) < 4.78 is 22.9. The van der Waals surface area contributed by atoms with Gasteiger partial charge in [0.25, 0.3) is 5.91 Å². The number of hydrogen-bond donors (Lipinski definition) is 1. The molecule has 2 rings (SSSR count). The van der Waals surface area contributed by atoms with Gasteiger partial charge in [-0.15, -0.1) is 11.3 Å². The van der Waals surface area contributed by atoms with Crippen molar-refractivity contribution in [2.24, 2.45) is 5.92 Å². The Kier molecular flexibility index (Phi) is 4.51. The van der Waals surface area contributed by atoms with E-state index in [1.54, 1.807) is 4.90 Å². The number of thiophene rings is 1. The van der Waals surface area contributed by atoms with E-state index in [9.17, 15) is 18.3 Å². The molecule has 7 heteroatoms. The van der Waals surface area contributed by atoms with Crippen molar-refractivity contribution in [3.63, 3.8) is 0 Å². The largest absolute Gasteiger partial charge is 0.396 e. The Morgan fingerprint density at radius 3 is 2.75 bits per heavy atom. The van der Waals surface area contributed by atoms with Crippen molar-refractivity contribution in [3.8, 4) is 0 Å². The predicted octanol–water partition coefficient (Wildman–Crippen LogP) is 1.38. The van der Waals surface area contributed by atoms with Crippen LogP contribution >= 0.6 is 11.3 Å². The van der Waals surface area contributed by atoms with Crippen molar-refractivity contribution in [1.29, 1.82) is 0 Å². The molecule has 112 valence electrons. The van der Waals surface area contributed by atoms with E-state index in [1.165, 1.54) is 22.8 Å². The van der Waals surface area contributed by atoms with Gasteiger partial charge in [0.15, 0.2) is 9.84 Å². The van der Waals surface area contributed by atoms with Crippen LogP contribution in [0.1, 0.15) is 29.4 Å². The van der Waals surface area contributed by atoms with Crippen molar-refractivity contribution >= 4 is 27.1 Å². The summed E-state index contributed by atoms with van der Waals surface area (Å²) in [4.78, 5) is 14.8. The molecule has 1 aliphatic heterocycles. The van der Waals surface area contributed by atoms with Crippen molar-refractivity contribution in [2.75, 3.05) is 19.4 Å². The minimum atomic E-state index is -3.27. The molecule has 0 aromatic carbocycles. The second-order valence-electron chi connectivity index (χ2n) is 5.34. The fourth-order valence-electron chi connectivity index (χ4n) is 2.50. The fraction of sp³-hybridized carbons (Fsp3) is 0.615. The summed E-state index contributed by atoms with van der Waals surface area (Å²) in [5.41, 5.74) is 0. The second-order valence-corrected chi connectivity index (χ2v) is 8.27. The Labute approximate surface area is 123 Å². The number of rotatable bonds is 3. The van der Waals surface area contributed by atoms with Gasteiger partial charge in [-0.2, -0.15) is 0 Å². The molecule has 1 N–H and O–H groups in total. The number of aliphatic hydroxyl groups excluding tert-OH is 1. The number of aliphatic hydroxyl groups is 1. The number of piperidine rings is 1. The number of nitrogens with zero attached hydrogens (tertiary/aromatic N) is 1. The quantitative estimate of drug-likeness (QED) is 0.914. The van der Waals surface area contributed by atoms with Gasteiger partial charge in [0.1, 0.15) is 0 Å². The fourth-order valence-corrected chi connectivity index (χ4v) is 4.48. The Morgan fingerprint density at radius 2 is 2.25 bits per heavy atom. The molecule has 0 saturated carbocycles. The summed E-state index contributed by atoms with van der Waals surface area (Å²) in [5, 5.41) is 10.7. The Hall–Kier alpha value is -0.920. The molecular weight excluding hydrogens is 298 g/mol. The third-order valence-corrected chi connectivity index (χ3v) is 5.88. The molecule has 1 saturated heterocycles. The highest BCUT2D eigenvalue weighted by Crippen LogP contribution is 2.27. The molecule has 5 nitrogen and oxygen atoms in total. The van der Waals surface area contributed by atoms with E-state index in [0.717, 1.165) is 19.1 Å². The number of carbonyl (C=O) groups excluding carboxylic acids is 1. The topological polar surface area (TPSA) is 74.7 Å². The second kappa shape index (κ2) is 5.83. The highest BCUT2D eigenvalue weighted by atomic mass is 32.2. The third-order valence-electron chi connectivity index (χ3n) is 3.72. The first kappa shape index (κ1) is 15.5. The van der Waals surface area contributed by atoms with Crippen LogP contribution in [0.25, 0.3) is 0 Å². The first-order valence-electron chi connectivity index (χ1n) is 6.53. The number of hydrogen-bond acceptors (Lipinski definition) is 5. The maximum Gasteiger partial charge on any atom is 0.264 e. The Bertz CT molecular complexity index is 593. The zero-order chi connectivity index (χ0) is 14.9. The van der Waals surface area contributed by atoms with Crippen molar-refractivity contribution in [3.05, 3.63) is 16.3 Å². The molecule has 2 atom stereocenters. The molecule has 1 aliphatic rings. The van der Waals surface area contributed by atoms with E-state index in [-0.39, 0.29) is 29.4 Å². The lowest BCUT2D eigenvalue weighted by atomic mass is 9.92. The average Bonchev–Trinajstić information content (AvgIpc) is 2.87. The summed E-state index contributed by atoms with van der Waals surface area (Å²) in [6, 6.07) is 1.52. The molecule has 0 radical (unpaired) electrons. The monoisotopic (exact) mass is 317 g/mol.